The lowest BCUT2D eigenvalue weighted by molar-refractivity contribution is -0.139. The minimum Gasteiger partial charge on any atom is -0.482 e. The molecule has 3 aromatic carbocycles. The number of fused-ring (bicyclic) bond motifs is 1. The second-order valence-electron chi connectivity index (χ2n) is 7.70. The van der Waals surface area contributed by atoms with E-state index >= 15 is 0 Å². The quantitative estimate of drug-likeness (QED) is 0.506. The van der Waals surface area contributed by atoms with Gasteiger partial charge >= 0.3 is 12.1 Å². The SMILES string of the molecule is O=C(O)COc1ccc(Cl)cc1[C@@H]1c2cccc(F)c2CCN1C(=O)OCc1cccc(F)c1. The molecule has 1 aliphatic heterocycles. The summed E-state index contributed by atoms with van der Waals surface area (Å²) in [7, 11) is 0. The molecule has 0 aliphatic carbocycles. The van der Waals surface area contributed by atoms with Gasteiger partial charge in [0.15, 0.2) is 6.61 Å². The first-order chi connectivity index (χ1) is 16.3. The molecule has 1 aliphatic rings. The highest BCUT2D eigenvalue weighted by Gasteiger charge is 2.36. The minimum absolute atomic E-state index is 0.130. The zero-order chi connectivity index (χ0) is 24.2. The third kappa shape index (κ3) is 5.12. The van der Waals surface area contributed by atoms with Crippen molar-refractivity contribution in [1.82, 2.24) is 4.90 Å². The number of amides is 1. The lowest BCUT2D eigenvalue weighted by Crippen LogP contribution is -2.41. The summed E-state index contributed by atoms with van der Waals surface area (Å²) in [5.74, 6) is -1.85. The van der Waals surface area contributed by atoms with E-state index in [1.165, 1.54) is 47.4 Å². The Balaban J connectivity index is 1.72. The minimum atomic E-state index is -1.18. The van der Waals surface area contributed by atoms with Crippen molar-refractivity contribution in [3.05, 3.63) is 99.6 Å². The summed E-state index contributed by atoms with van der Waals surface area (Å²) in [5.41, 5.74) is 1.81. The lowest BCUT2D eigenvalue weighted by Gasteiger charge is -2.37. The molecule has 0 fully saturated rings. The summed E-state index contributed by atoms with van der Waals surface area (Å²) in [6.07, 6.45) is -0.451. The molecule has 1 atom stereocenters. The van der Waals surface area contributed by atoms with Gasteiger partial charge in [-0.2, -0.15) is 0 Å². The molecule has 4 rings (SSSR count). The van der Waals surface area contributed by atoms with Crippen LogP contribution in [0.15, 0.2) is 60.7 Å². The highest BCUT2D eigenvalue weighted by atomic mass is 35.5. The van der Waals surface area contributed by atoms with Crippen molar-refractivity contribution in [3.63, 3.8) is 0 Å². The van der Waals surface area contributed by atoms with Crippen LogP contribution in [0.2, 0.25) is 5.02 Å². The van der Waals surface area contributed by atoms with E-state index in [0.717, 1.165) is 0 Å². The standard InChI is InChI=1S/C25H20ClF2NO5/c26-16-7-8-22(33-14-23(30)31)20(12-16)24-19-5-2-6-21(28)18(19)9-10-29(24)25(32)34-13-15-3-1-4-17(27)11-15/h1-8,11-12,24H,9-10,13-14H2,(H,30,31)/t24-/m0/s1. The average Bonchev–Trinajstić information content (AvgIpc) is 2.81. The van der Waals surface area contributed by atoms with Gasteiger partial charge in [0.1, 0.15) is 24.0 Å². The molecule has 9 heteroatoms. The topological polar surface area (TPSA) is 76.1 Å². The van der Waals surface area contributed by atoms with E-state index in [4.69, 9.17) is 26.2 Å². The first-order valence-electron chi connectivity index (χ1n) is 10.4. The van der Waals surface area contributed by atoms with E-state index in [2.05, 4.69) is 0 Å². The highest BCUT2D eigenvalue weighted by Crippen LogP contribution is 2.41. The number of halogens is 3. The third-order valence-corrected chi connectivity index (χ3v) is 5.70. The van der Waals surface area contributed by atoms with Crippen LogP contribution in [0.5, 0.6) is 5.75 Å². The molecule has 0 radical (unpaired) electrons. The molecular formula is C25H20ClF2NO5. The Kier molecular flexibility index (Phi) is 6.98. The van der Waals surface area contributed by atoms with E-state index in [1.54, 1.807) is 18.2 Å². The number of aliphatic carboxylic acids is 1. The Labute approximate surface area is 199 Å². The predicted molar refractivity (Wildman–Crippen MR) is 120 cm³/mol. The van der Waals surface area contributed by atoms with Crippen molar-refractivity contribution in [2.75, 3.05) is 13.2 Å². The summed E-state index contributed by atoms with van der Waals surface area (Å²) < 4.78 is 39.0. The van der Waals surface area contributed by atoms with E-state index in [1.807, 2.05) is 0 Å². The molecule has 0 unspecified atom stereocenters. The van der Waals surface area contributed by atoms with Gasteiger partial charge in [-0.25, -0.2) is 18.4 Å². The summed E-state index contributed by atoms with van der Waals surface area (Å²) in [6.45, 7) is -0.638. The Bertz CT molecular complexity index is 1240. The lowest BCUT2D eigenvalue weighted by atomic mass is 9.87. The molecule has 1 amide bonds. The summed E-state index contributed by atoms with van der Waals surface area (Å²) in [6, 6.07) is 14.0. The van der Waals surface area contributed by atoms with Gasteiger partial charge in [0.25, 0.3) is 0 Å². The molecular weight excluding hydrogens is 468 g/mol. The maximum absolute atomic E-state index is 14.6. The summed E-state index contributed by atoms with van der Waals surface area (Å²) >= 11 is 6.22. The molecule has 0 saturated heterocycles. The number of carbonyl (C=O) groups excluding carboxylic acids is 1. The van der Waals surface area contributed by atoms with Crippen molar-refractivity contribution < 1.29 is 33.0 Å². The monoisotopic (exact) mass is 487 g/mol. The van der Waals surface area contributed by atoms with Gasteiger partial charge in [0.2, 0.25) is 0 Å². The van der Waals surface area contributed by atoms with Crippen molar-refractivity contribution in [2.24, 2.45) is 0 Å². The molecule has 1 N–H and O–H groups in total. The van der Waals surface area contributed by atoms with E-state index < -0.39 is 36.3 Å². The number of rotatable bonds is 6. The average molecular weight is 488 g/mol. The molecule has 0 aromatic heterocycles. The van der Waals surface area contributed by atoms with Gasteiger partial charge in [0.05, 0.1) is 6.04 Å². The fourth-order valence-electron chi connectivity index (χ4n) is 4.02. The van der Waals surface area contributed by atoms with E-state index in [0.29, 0.717) is 27.3 Å². The maximum atomic E-state index is 14.6. The third-order valence-electron chi connectivity index (χ3n) is 5.47. The number of carboxylic acids is 1. The van der Waals surface area contributed by atoms with Crippen LogP contribution in [0.4, 0.5) is 13.6 Å². The van der Waals surface area contributed by atoms with Gasteiger partial charge in [-0.05, 0) is 59.5 Å². The molecule has 0 spiro atoms. The Morgan fingerprint density at radius 2 is 1.85 bits per heavy atom. The van der Waals surface area contributed by atoms with Crippen molar-refractivity contribution >= 4 is 23.7 Å². The molecule has 0 bridgehead atoms. The Morgan fingerprint density at radius 1 is 1.06 bits per heavy atom. The van der Waals surface area contributed by atoms with E-state index in [-0.39, 0.29) is 25.3 Å². The number of carboxylic acid groups (broad SMARTS) is 1. The second kappa shape index (κ2) is 10.1. The number of nitrogens with zero attached hydrogens (tertiary/aromatic N) is 1. The zero-order valence-electron chi connectivity index (χ0n) is 17.8. The number of hydrogen-bond acceptors (Lipinski definition) is 4. The van der Waals surface area contributed by atoms with E-state index in [9.17, 15) is 18.4 Å². The van der Waals surface area contributed by atoms with Crippen LogP contribution in [-0.4, -0.2) is 35.2 Å². The molecule has 176 valence electrons. The van der Waals surface area contributed by atoms with Crippen molar-refractivity contribution in [1.29, 1.82) is 0 Å². The predicted octanol–water partition coefficient (Wildman–Crippen LogP) is 5.37. The van der Waals surface area contributed by atoms with Crippen LogP contribution in [0.3, 0.4) is 0 Å². The first-order valence-corrected chi connectivity index (χ1v) is 10.8. The van der Waals surface area contributed by atoms with Crippen molar-refractivity contribution in [3.8, 4) is 5.75 Å². The second-order valence-corrected chi connectivity index (χ2v) is 8.14. The van der Waals surface area contributed by atoms with Gasteiger partial charge in [0, 0.05) is 17.1 Å². The largest absolute Gasteiger partial charge is 0.482 e. The first kappa shape index (κ1) is 23.5. The normalized spacial score (nSPS) is 14.9. The van der Waals surface area contributed by atoms with Crippen molar-refractivity contribution in [2.45, 2.75) is 19.1 Å². The Morgan fingerprint density at radius 3 is 2.62 bits per heavy atom. The van der Waals surface area contributed by atoms with Crippen LogP contribution in [0, 0.1) is 11.6 Å². The van der Waals surface area contributed by atoms with Gasteiger partial charge in [-0.1, -0.05) is 35.9 Å². The van der Waals surface area contributed by atoms with Gasteiger partial charge in [-0.15, -0.1) is 0 Å². The highest BCUT2D eigenvalue weighted by molar-refractivity contribution is 6.30. The molecule has 0 saturated carbocycles. The van der Waals surface area contributed by atoms with Crippen LogP contribution in [0.25, 0.3) is 0 Å². The van der Waals surface area contributed by atoms with Crippen LogP contribution >= 0.6 is 11.6 Å². The summed E-state index contributed by atoms with van der Waals surface area (Å²) in [4.78, 5) is 25.6. The Hall–Kier alpha value is -3.65. The number of benzene rings is 3. The number of carbonyl (C=O) groups is 2. The van der Waals surface area contributed by atoms with Crippen LogP contribution in [0.1, 0.15) is 28.3 Å². The summed E-state index contributed by atoms with van der Waals surface area (Å²) in [5, 5.41) is 9.38. The van der Waals surface area contributed by atoms with Crippen LogP contribution < -0.4 is 4.74 Å². The molecule has 6 nitrogen and oxygen atoms in total. The van der Waals surface area contributed by atoms with Gasteiger partial charge < -0.3 is 14.6 Å². The number of ether oxygens (including phenoxy) is 2. The fraction of sp³-hybridized carbons (Fsp3) is 0.200. The fourth-order valence-corrected chi connectivity index (χ4v) is 4.20. The number of hydrogen-bond donors (Lipinski definition) is 1. The molecule has 34 heavy (non-hydrogen) atoms. The molecule has 3 aromatic rings. The van der Waals surface area contributed by atoms with Crippen LogP contribution in [-0.2, 0) is 22.6 Å². The zero-order valence-corrected chi connectivity index (χ0v) is 18.6. The van der Waals surface area contributed by atoms with Gasteiger partial charge in [-0.3, -0.25) is 4.90 Å². The maximum Gasteiger partial charge on any atom is 0.410 e. The molecule has 1 heterocycles. The smallest absolute Gasteiger partial charge is 0.410 e.